The molecular weight excluding hydrogens is 524 g/mol. The fourth-order valence-corrected chi connectivity index (χ4v) is 5.87. The smallest absolute Gasteiger partial charge is 0.409 e. The summed E-state index contributed by atoms with van der Waals surface area (Å²) >= 11 is 0. The highest BCUT2D eigenvalue weighted by Gasteiger charge is 2.58. The number of aryl methyl sites for hydroxylation is 1. The van der Waals surface area contributed by atoms with Crippen molar-refractivity contribution in [3.8, 4) is 22.3 Å². The number of hydrogen-bond donors (Lipinski definition) is 0. The first-order valence-electron chi connectivity index (χ1n) is 13.6. The molecule has 3 aromatic rings. The molecule has 0 radical (unpaired) electrons. The van der Waals surface area contributed by atoms with Crippen molar-refractivity contribution in [1.29, 1.82) is 0 Å². The van der Waals surface area contributed by atoms with Crippen LogP contribution in [0.15, 0.2) is 65.9 Å². The normalized spacial score (nSPS) is 19.4. The number of nitrogens with zero attached hydrogens (tertiary/aromatic N) is 6. The molecule has 0 saturated carbocycles. The molecule has 212 valence electrons. The lowest BCUT2D eigenvalue weighted by molar-refractivity contribution is -0.136. The van der Waals surface area contributed by atoms with E-state index >= 15 is 0 Å². The van der Waals surface area contributed by atoms with Gasteiger partial charge in [0.2, 0.25) is 0 Å². The van der Waals surface area contributed by atoms with Gasteiger partial charge in [-0.3, -0.25) is 14.4 Å². The molecule has 3 aliphatic heterocycles. The first kappa shape index (κ1) is 26.5. The van der Waals surface area contributed by atoms with Crippen molar-refractivity contribution in [2.24, 2.45) is 18.0 Å². The maximum atomic E-state index is 13.8. The van der Waals surface area contributed by atoms with Crippen LogP contribution < -0.4 is 0 Å². The van der Waals surface area contributed by atoms with Gasteiger partial charge in [0.1, 0.15) is 5.84 Å². The topological polar surface area (TPSA) is 110 Å². The first-order chi connectivity index (χ1) is 19.8. The van der Waals surface area contributed by atoms with Crippen LogP contribution in [0.5, 0.6) is 0 Å². The molecule has 2 aromatic carbocycles. The minimum atomic E-state index is -1.01. The Morgan fingerprint density at radius 3 is 2.00 bits per heavy atom. The molecule has 11 nitrogen and oxygen atoms in total. The Labute approximate surface area is 237 Å². The van der Waals surface area contributed by atoms with Crippen molar-refractivity contribution in [2.45, 2.75) is 12.0 Å². The zero-order valence-corrected chi connectivity index (χ0v) is 23.3. The summed E-state index contributed by atoms with van der Waals surface area (Å²) < 4.78 is 11.5. The number of rotatable bonds is 5. The molecule has 0 bridgehead atoms. The van der Waals surface area contributed by atoms with Crippen LogP contribution in [0.4, 0.5) is 9.59 Å². The maximum absolute atomic E-state index is 13.8. The number of aliphatic imine (C=N–C) groups is 1. The van der Waals surface area contributed by atoms with Gasteiger partial charge in [-0.05, 0) is 29.0 Å². The quantitative estimate of drug-likeness (QED) is 0.477. The van der Waals surface area contributed by atoms with E-state index in [1.807, 2.05) is 43.7 Å². The predicted octanol–water partition coefficient (Wildman–Crippen LogP) is 3.25. The van der Waals surface area contributed by atoms with Gasteiger partial charge in [-0.15, -0.1) is 0 Å². The van der Waals surface area contributed by atoms with Crippen molar-refractivity contribution < 1.29 is 23.9 Å². The van der Waals surface area contributed by atoms with E-state index in [1.54, 1.807) is 14.5 Å². The van der Waals surface area contributed by atoms with Crippen LogP contribution in [-0.2, 0) is 21.3 Å². The molecule has 11 heteroatoms. The summed E-state index contributed by atoms with van der Waals surface area (Å²) in [4.78, 5) is 47.6. The van der Waals surface area contributed by atoms with Crippen LogP contribution in [0, 0.1) is 5.92 Å². The third kappa shape index (κ3) is 4.81. The molecule has 4 heterocycles. The molecule has 1 spiro atoms. The fourth-order valence-electron chi connectivity index (χ4n) is 5.87. The van der Waals surface area contributed by atoms with Crippen LogP contribution in [0.25, 0.3) is 22.3 Å². The van der Waals surface area contributed by atoms with Crippen LogP contribution in [-0.4, -0.2) is 101 Å². The van der Waals surface area contributed by atoms with Gasteiger partial charge in [-0.1, -0.05) is 48.5 Å². The second-order valence-electron chi connectivity index (χ2n) is 10.8. The molecule has 3 amide bonds. The van der Waals surface area contributed by atoms with E-state index in [-0.39, 0.29) is 31.0 Å². The molecule has 2 fully saturated rings. The lowest BCUT2D eigenvalue weighted by Gasteiger charge is -2.43. The molecule has 0 unspecified atom stereocenters. The van der Waals surface area contributed by atoms with E-state index in [0.29, 0.717) is 25.5 Å². The Bertz CT molecular complexity index is 1510. The minimum absolute atomic E-state index is 0.0905. The average molecular weight is 557 g/mol. The largest absolute Gasteiger partial charge is 0.453 e. The molecule has 1 atom stereocenters. The number of aromatic nitrogens is 2. The number of amides is 3. The molecular formula is C30H32N6O5. The summed E-state index contributed by atoms with van der Waals surface area (Å²) in [5, 5.41) is 4.25. The van der Waals surface area contributed by atoms with Crippen molar-refractivity contribution >= 4 is 23.9 Å². The van der Waals surface area contributed by atoms with Gasteiger partial charge in [0.25, 0.3) is 5.91 Å². The first-order valence-corrected chi connectivity index (χ1v) is 13.6. The molecule has 0 N–H and O–H groups in total. The number of ether oxygens (including phenoxy) is 2. The van der Waals surface area contributed by atoms with Gasteiger partial charge >= 0.3 is 12.2 Å². The zero-order valence-electron chi connectivity index (χ0n) is 23.3. The van der Waals surface area contributed by atoms with Gasteiger partial charge < -0.3 is 19.3 Å². The van der Waals surface area contributed by atoms with Crippen LogP contribution >= 0.6 is 0 Å². The Kier molecular flexibility index (Phi) is 6.72. The van der Waals surface area contributed by atoms with Crippen molar-refractivity contribution in [1.82, 2.24) is 24.5 Å². The van der Waals surface area contributed by atoms with E-state index in [2.05, 4.69) is 29.4 Å². The molecule has 3 aliphatic rings. The lowest BCUT2D eigenvalue weighted by atomic mass is 9.90. The predicted molar refractivity (Wildman–Crippen MR) is 151 cm³/mol. The van der Waals surface area contributed by atoms with E-state index in [9.17, 15) is 14.4 Å². The van der Waals surface area contributed by atoms with Crippen molar-refractivity contribution in [3.05, 3.63) is 66.5 Å². The third-order valence-corrected chi connectivity index (χ3v) is 8.12. The van der Waals surface area contributed by atoms with Gasteiger partial charge in [-0.25, -0.2) is 14.6 Å². The van der Waals surface area contributed by atoms with Crippen LogP contribution in [0.1, 0.15) is 12.0 Å². The van der Waals surface area contributed by atoms with E-state index in [4.69, 9.17) is 14.5 Å². The van der Waals surface area contributed by atoms with Gasteiger partial charge in [0.15, 0.2) is 5.54 Å². The summed E-state index contributed by atoms with van der Waals surface area (Å²) in [5.41, 5.74) is 4.09. The standard InChI is InChI=1S/C30H32N6O5/c1-33-17-25(14-31-33)23-6-4-21(5-7-23)22-8-10-24(11-9-22)26-32-30(18-35(19-30)29(39)41-3)27(37)36(26)16-20-12-13-34(15-20)28(38)40-2/h4-11,14,17,20H,12-13,15-16,18-19H2,1-3H3/t20-/m1/s1. The highest BCUT2D eigenvalue weighted by atomic mass is 16.5. The summed E-state index contributed by atoms with van der Waals surface area (Å²) in [6.45, 7) is 1.89. The number of carbonyl (C=O) groups is 3. The number of carbonyl (C=O) groups excluding carboxylic acids is 3. The highest BCUT2D eigenvalue weighted by Crippen LogP contribution is 2.36. The summed E-state index contributed by atoms with van der Waals surface area (Å²) in [5.74, 6) is 0.557. The Morgan fingerprint density at radius 2 is 1.44 bits per heavy atom. The lowest BCUT2D eigenvalue weighted by Crippen LogP contribution is -2.66. The van der Waals surface area contributed by atoms with Crippen molar-refractivity contribution in [2.75, 3.05) is 46.9 Å². The SMILES string of the molecule is COC(=O)N1CC[C@@H](CN2C(=O)C3(CN(C(=O)OC)C3)N=C2c2ccc(-c3ccc(-c4cnn(C)c4)cc3)cc2)C1. The molecule has 41 heavy (non-hydrogen) atoms. The monoisotopic (exact) mass is 556 g/mol. The number of amidine groups is 1. The van der Waals surface area contributed by atoms with Gasteiger partial charge in [-0.2, -0.15) is 5.10 Å². The number of likely N-dealkylation sites (tertiary alicyclic amines) is 2. The molecule has 2 saturated heterocycles. The van der Waals surface area contributed by atoms with Gasteiger partial charge in [0, 0.05) is 44.0 Å². The molecule has 6 rings (SSSR count). The van der Waals surface area contributed by atoms with E-state index < -0.39 is 11.6 Å². The maximum Gasteiger partial charge on any atom is 0.409 e. The number of hydrogen-bond acceptors (Lipinski definition) is 7. The molecule has 0 aliphatic carbocycles. The van der Waals surface area contributed by atoms with Crippen LogP contribution in [0.2, 0.25) is 0 Å². The zero-order chi connectivity index (χ0) is 28.7. The third-order valence-electron chi connectivity index (χ3n) is 8.12. The van der Waals surface area contributed by atoms with E-state index in [0.717, 1.165) is 34.2 Å². The van der Waals surface area contributed by atoms with Crippen molar-refractivity contribution in [3.63, 3.8) is 0 Å². The summed E-state index contributed by atoms with van der Waals surface area (Å²) in [6.07, 6.45) is 3.76. The Hall–Kier alpha value is -4.67. The Balaban J connectivity index is 1.24. The summed E-state index contributed by atoms with van der Waals surface area (Å²) in [7, 11) is 4.60. The number of methoxy groups -OCH3 is 2. The Morgan fingerprint density at radius 1 is 0.878 bits per heavy atom. The van der Waals surface area contributed by atoms with Crippen LogP contribution in [0.3, 0.4) is 0 Å². The second kappa shape index (κ2) is 10.4. The number of benzene rings is 2. The summed E-state index contributed by atoms with van der Waals surface area (Å²) in [6, 6.07) is 16.3. The molecule has 1 aromatic heterocycles. The highest BCUT2D eigenvalue weighted by molar-refractivity contribution is 6.16. The van der Waals surface area contributed by atoms with Gasteiger partial charge in [0.05, 0.1) is 33.5 Å². The average Bonchev–Trinajstić information content (AvgIpc) is 3.70. The van der Waals surface area contributed by atoms with E-state index in [1.165, 1.54) is 19.1 Å². The minimum Gasteiger partial charge on any atom is -0.453 e. The fraction of sp³-hybridized carbons (Fsp3) is 0.367. The second-order valence-corrected chi connectivity index (χ2v) is 10.8.